The van der Waals surface area contributed by atoms with E-state index in [0.717, 1.165) is 19.3 Å². The average molecular weight is 251 g/mol. The number of hydroxylamine groups is 1. The van der Waals surface area contributed by atoms with Gasteiger partial charge in [0, 0.05) is 6.42 Å². The highest BCUT2D eigenvalue weighted by molar-refractivity contribution is 5.90. The van der Waals surface area contributed by atoms with Gasteiger partial charge < -0.3 is 9.94 Å². The third-order valence-corrected chi connectivity index (χ3v) is 2.40. The van der Waals surface area contributed by atoms with Crippen LogP contribution in [-0.4, -0.2) is 17.0 Å². The third kappa shape index (κ3) is 4.45. The van der Waals surface area contributed by atoms with Gasteiger partial charge in [0.05, 0.1) is 0 Å². The zero-order chi connectivity index (χ0) is 13.4. The van der Waals surface area contributed by atoms with Crippen molar-refractivity contribution in [3.05, 3.63) is 29.8 Å². The van der Waals surface area contributed by atoms with E-state index in [4.69, 9.17) is 9.94 Å². The highest BCUT2D eigenvalue weighted by Gasteiger charge is 2.11. The number of para-hydroxylation sites is 1. The number of unbranched alkanes of at least 4 members (excludes halogenated alkanes) is 2. The van der Waals surface area contributed by atoms with Crippen molar-refractivity contribution in [2.45, 2.75) is 32.6 Å². The fraction of sp³-hybridized carbons (Fsp3) is 0.385. The van der Waals surface area contributed by atoms with Crippen LogP contribution in [0.2, 0.25) is 0 Å². The van der Waals surface area contributed by atoms with E-state index in [2.05, 4.69) is 12.4 Å². The molecular weight excluding hydrogens is 234 g/mol. The number of amides is 1. The van der Waals surface area contributed by atoms with Crippen molar-refractivity contribution < 1.29 is 19.5 Å². The molecule has 0 spiro atoms. The Morgan fingerprint density at radius 1 is 1.28 bits per heavy atom. The van der Waals surface area contributed by atoms with Gasteiger partial charge in [-0.1, -0.05) is 31.9 Å². The molecule has 18 heavy (non-hydrogen) atoms. The van der Waals surface area contributed by atoms with Crippen LogP contribution < -0.4 is 10.3 Å². The molecule has 98 valence electrons. The van der Waals surface area contributed by atoms with Crippen LogP contribution in [0.15, 0.2) is 24.3 Å². The Balaban J connectivity index is 2.48. The van der Waals surface area contributed by atoms with Crippen molar-refractivity contribution in [1.82, 2.24) is 5.48 Å². The Labute approximate surface area is 106 Å². The molecule has 0 aliphatic heterocycles. The van der Waals surface area contributed by atoms with E-state index < -0.39 is 5.97 Å². The van der Waals surface area contributed by atoms with Crippen molar-refractivity contribution in [1.29, 1.82) is 0 Å². The van der Waals surface area contributed by atoms with E-state index in [9.17, 15) is 9.59 Å². The van der Waals surface area contributed by atoms with Gasteiger partial charge in [0.15, 0.2) is 5.75 Å². The monoisotopic (exact) mass is 251 g/mol. The first-order chi connectivity index (χ1) is 8.65. The molecule has 0 aromatic heterocycles. The van der Waals surface area contributed by atoms with Crippen molar-refractivity contribution in [3.63, 3.8) is 0 Å². The van der Waals surface area contributed by atoms with Gasteiger partial charge in [0.1, 0.15) is 5.56 Å². The molecule has 0 heterocycles. The molecule has 1 amide bonds. The van der Waals surface area contributed by atoms with E-state index in [1.807, 2.05) is 0 Å². The maximum absolute atomic E-state index is 11.4. The molecule has 5 nitrogen and oxygen atoms in total. The number of aromatic carboxylic acids is 1. The molecule has 1 aromatic carbocycles. The van der Waals surface area contributed by atoms with Gasteiger partial charge in [0.2, 0.25) is 0 Å². The number of carboxylic acid groups (broad SMARTS) is 1. The van der Waals surface area contributed by atoms with E-state index >= 15 is 0 Å². The van der Waals surface area contributed by atoms with Crippen LogP contribution in [0.1, 0.15) is 43.0 Å². The average Bonchev–Trinajstić information content (AvgIpc) is 2.37. The summed E-state index contributed by atoms with van der Waals surface area (Å²) >= 11 is 0. The summed E-state index contributed by atoms with van der Waals surface area (Å²) in [6.07, 6.45) is 3.20. The van der Waals surface area contributed by atoms with Gasteiger partial charge in [0.25, 0.3) is 5.91 Å². The van der Waals surface area contributed by atoms with Gasteiger partial charge in [-0.25, -0.2) is 4.79 Å². The molecule has 0 saturated heterocycles. The Kier molecular flexibility index (Phi) is 5.70. The number of rotatable bonds is 7. The molecule has 0 radical (unpaired) electrons. The maximum Gasteiger partial charge on any atom is 0.339 e. The first-order valence-electron chi connectivity index (χ1n) is 5.93. The minimum absolute atomic E-state index is 0.0198. The molecule has 0 bridgehead atoms. The van der Waals surface area contributed by atoms with Crippen LogP contribution in [-0.2, 0) is 4.79 Å². The summed E-state index contributed by atoms with van der Waals surface area (Å²) in [6, 6.07) is 6.15. The third-order valence-electron chi connectivity index (χ3n) is 2.40. The van der Waals surface area contributed by atoms with Crippen molar-refractivity contribution in [2.75, 3.05) is 0 Å². The standard InChI is InChI=1S/C13H17NO4/c1-2-3-4-9-12(15)14-18-11-8-6-5-7-10(11)13(16)17/h5-8H,2-4,9H2,1H3,(H,14,15)(H,16,17). The number of hydrogen-bond donors (Lipinski definition) is 2. The number of carbonyl (C=O) groups excluding carboxylic acids is 1. The van der Waals surface area contributed by atoms with Crippen LogP contribution in [0.4, 0.5) is 0 Å². The summed E-state index contributed by atoms with van der Waals surface area (Å²) in [5, 5.41) is 8.91. The largest absolute Gasteiger partial charge is 0.478 e. The SMILES string of the molecule is CCCCCC(=O)NOc1ccccc1C(=O)O. The second kappa shape index (κ2) is 7.32. The summed E-state index contributed by atoms with van der Waals surface area (Å²) in [5.74, 6) is -1.21. The number of benzene rings is 1. The van der Waals surface area contributed by atoms with Crippen LogP contribution in [0.5, 0.6) is 5.75 Å². The van der Waals surface area contributed by atoms with Gasteiger partial charge in [-0.15, -0.1) is 0 Å². The van der Waals surface area contributed by atoms with Crippen molar-refractivity contribution >= 4 is 11.9 Å². The normalized spacial score (nSPS) is 9.83. The first kappa shape index (κ1) is 14.0. The number of hydrogen-bond acceptors (Lipinski definition) is 3. The van der Waals surface area contributed by atoms with Crippen molar-refractivity contribution in [3.8, 4) is 5.75 Å². The Hall–Kier alpha value is -2.04. The van der Waals surface area contributed by atoms with E-state index in [0.29, 0.717) is 6.42 Å². The molecule has 0 saturated carbocycles. The van der Waals surface area contributed by atoms with Gasteiger partial charge >= 0.3 is 5.97 Å². The zero-order valence-electron chi connectivity index (χ0n) is 10.3. The minimum Gasteiger partial charge on any atom is -0.478 e. The lowest BCUT2D eigenvalue weighted by atomic mass is 10.2. The second-order valence-corrected chi connectivity index (χ2v) is 3.89. The smallest absolute Gasteiger partial charge is 0.339 e. The molecule has 2 N–H and O–H groups in total. The maximum atomic E-state index is 11.4. The lowest BCUT2D eigenvalue weighted by molar-refractivity contribution is -0.127. The Morgan fingerprint density at radius 2 is 2.00 bits per heavy atom. The fourth-order valence-corrected chi connectivity index (χ4v) is 1.43. The van der Waals surface area contributed by atoms with Crippen molar-refractivity contribution in [2.24, 2.45) is 0 Å². The molecule has 0 aliphatic rings. The Morgan fingerprint density at radius 3 is 2.67 bits per heavy atom. The molecule has 0 atom stereocenters. The van der Waals surface area contributed by atoms with Crippen LogP contribution in [0.25, 0.3) is 0 Å². The molecule has 0 unspecified atom stereocenters. The molecular formula is C13H17NO4. The lowest BCUT2D eigenvalue weighted by Crippen LogP contribution is -2.27. The van der Waals surface area contributed by atoms with Crippen LogP contribution in [0, 0.1) is 0 Å². The first-order valence-corrected chi connectivity index (χ1v) is 5.93. The molecule has 1 aromatic rings. The highest BCUT2D eigenvalue weighted by Crippen LogP contribution is 2.16. The summed E-state index contributed by atoms with van der Waals surface area (Å²) in [4.78, 5) is 27.3. The summed E-state index contributed by atoms with van der Waals surface area (Å²) in [5.41, 5.74) is 2.27. The van der Waals surface area contributed by atoms with E-state index in [1.54, 1.807) is 12.1 Å². The Bertz CT molecular complexity index is 417. The predicted octanol–water partition coefficient (Wildman–Crippen LogP) is 2.38. The van der Waals surface area contributed by atoms with Crippen LogP contribution >= 0.6 is 0 Å². The summed E-state index contributed by atoms with van der Waals surface area (Å²) in [6.45, 7) is 2.05. The molecule has 1 rings (SSSR count). The molecule has 5 heteroatoms. The predicted molar refractivity (Wildman–Crippen MR) is 66.3 cm³/mol. The quantitative estimate of drug-likeness (QED) is 0.576. The number of carboxylic acids is 1. The van der Waals surface area contributed by atoms with Gasteiger partial charge in [-0.2, -0.15) is 5.48 Å². The summed E-state index contributed by atoms with van der Waals surface area (Å²) in [7, 11) is 0. The van der Waals surface area contributed by atoms with Gasteiger partial charge in [-0.05, 0) is 18.6 Å². The zero-order valence-corrected chi connectivity index (χ0v) is 10.3. The number of nitrogens with one attached hydrogen (secondary N) is 1. The lowest BCUT2D eigenvalue weighted by Gasteiger charge is -2.08. The topological polar surface area (TPSA) is 75.6 Å². The van der Waals surface area contributed by atoms with Crippen LogP contribution in [0.3, 0.4) is 0 Å². The highest BCUT2D eigenvalue weighted by atomic mass is 16.7. The van der Waals surface area contributed by atoms with Gasteiger partial charge in [-0.3, -0.25) is 4.79 Å². The molecule has 0 fully saturated rings. The fourth-order valence-electron chi connectivity index (χ4n) is 1.43. The minimum atomic E-state index is -1.09. The second-order valence-electron chi connectivity index (χ2n) is 3.89. The van der Waals surface area contributed by atoms with E-state index in [-0.39, 0.29) is 17.2 Å². The number of carbonyl (C=O) groups is 2. The molecule has 0 aliphatic carbocycles. The summed E-state index contributed by atoms with van der Waals surface area (Å²) < 4.78 is 0. The van der Waals surface area contributed by atoms with E-state index in [1.165, 1.54) is 12.1 Å².